The Morgan fingerprint density at radius 2 is 1.74 bits per heavy atom. The van der Waals surface area contributed by atoms with Crippen LogP contribution in [0.4, 0.5) is 4.39 Å². The Hall–Kier alpha value is -1.66. The molecule has 6 rings (SSSR count). The number of methoxy groups -OCH3 is 1. The van der Waals surface area contributed by atoms with Gasteiger partial charge in [0.1, 0.15) is 32.7 Å². The highest BCUT2D eigenvalue weighted by Crippen LogP contribution is 2.55. The zero-order valence-corrected chi connectivity index (χ0v) is 19.0. The molecule has 1 aromatic carbocycles. The van der Waals surface area contributed by atoms with Crippen LogP contribution in [0.2, 0.25) is 0 Å². The van der Waals surface area contributed by atoms with Gasteiger partial charge >= 0.3 is 0 Å². The zero-order chi connectivity index (χ0) is 21.6. The zero-order valence-electron chi connectivity index (χ0n) is 19.0. The molecule has 0 spiro atoms. The first-order chi connectivity index (χ1) is 14.9. The second-order valence-electron chi connectivity index (χ2n) is 11.0. The number of ether oxygens (including phenoxy) is 1. The van der Waals surface area contributed by atoms with Crippen LogP contribution in [0.3, 0.4) is 0 Å². The van der Waals surface area contributed by atoms with Crippen LogP contribution >= 0.6 is 0 Å². The second kappa shape index (κ2) is 8.36. The molecule has 5 nitrogen and oxygen atoms in total. The highest BCUT2D eigenvalue weighted by molar-refractivity contribution is 5.80. The van der Waals surface area contributed by atoms with Crippen molar-refractivity contribution in [2.24, 2.45) is 17.8 Å². The van der Waals surface area contributed by atoms with E-state index in [9.17, 15) is 9.18 Å². The molecule has 5 fully saturated rings. The summed E-state index contributed by atoms with van der Waals surface area (Å²) in [5.41, 5.74) is 1.11. The Morgan fingerprint density at radius 1 is 1.13 bits per heavy atom. The third kappa shape index (κ3) is 4.34. The van der Waals surface area contributed by atoms with Gasteiger partial charge in [0.15, 0.2) is 17.6 Å². The van der Waals surface area contributed by atoms with E-state index in [0.717, 1.165) is 56.0 Å². The third-order valence-electron chi connectivity index (χ3n) is 8.70. The molecule has 1 aromatic rings. The van der Waals surface area contributed by atoms with Crippen molar-refractivity contribution in [1.29, 1.82) is 0 Å². The van der Waals surface area contributed by atoms with Crippen molar-refractivity contribution >= 4 is 5.91 Å². The third-order valence-corrected chi connectivity index (χ3v) is 8.70. The molecular formula is C25H38FN3O2+2. The predicted molar refractivity (Wildman–Crippen MR) is 117 cm³/mol. The number of hydrogen-bond donors (Lipinski definition) is 3. The van der Waals surface area contributed by atoms with Crippen molar-refractivity contribution in [3.8, 4) is 5.75 Å². The lowest BCUT2D eigenvalue weighted by atomic mass is 9.53. The molecule has 1 amide bonds. The molecule has 1 atom stereocenters. The Bertz CT molecular complexity index is 786. The molecule has 6 heteroatoms. The van der Waals surface area contributed by atoms with Crippen LogP contribution in [0.1, 0.15) is 51.0 Å². The Balaban J connectivity index is 1.13. The molecule has 4 bridgehead atoms. The number of carbonyl (C=O) groups excluding carboxylic acids is 1. The molecule has 1 aliphatic heterocycles. The average molecular weight is 432 g/mol. The molecule has 0 aromatic heterocycles. The highest BCUT2D eigenvalue weighted by Gasteiger charge is 2.52. The van der Waals surface area contributed by atoms with Crippen LogP contribution in [0, 0.1) is 23.6 Å². The van der Waals surface area contributed by atoms with Crippen LogP contribution in [0.5, 0.6) is 5.75 Å². The van der Waals surface area contributed by atoms with E-state index in [4.69, 9.17) is 4.74 Å². The highest BCUT2D eigenvalue weighted by atomic mass is 19.1. The van der Waals surface area contributed by atoms with Crippen LogP contribution in [0.15, 0.2) is 18.2 Å². The van der Waals surface area contributed by atoms with Crippen molar-refractivity contribution < 1.29 is 23.7 Å². The summed E-state index contributed by atoms with van der Waals surface area (Å²) in [4.78, 5) is 16.1. The maximum Gasteiger partial charge on any atom is 0.278 e. The number of amides is 1. The number of halogens is 1. The van der Waals surface area contributed by atoms with Gasteiger partial charge in [-0.3, -0.25) is 4.79 Å². The molecule has 1 saturated heterocycles. The van der Waals surface area contributed by atoms with E-state index in [-0.39, 0.29) is 23.3 Å². The fourth-order valence-electron chi connectivity index (χ4n) is 7.46. The van der Waals surface area contributed by atoms with Gasteiger partial charge in [0.05, 0.1) is 7.11 Å². The van der Waals surface area contributed by atoms with Gasteiger partial charge in [-0.25, -0.2) is 4.39 Å². The maximum absolute atomic E-state index is 14.0. The SMILES string of the molecule is COc1ccc(C[NH+]2CC[NH+]([C@@H](C)C(=O)NC34CC5CC(CC(C5)C3)C4)CC2)cc1F. The number of benzene rings is 1. The van der Waals surface area contributed by atoms with E-state index in [1.807, 2.05) is 6.07 Å². The topological polar surface area (TPSA) is 47.2 Å². The summed E-state index contributed by atoms with van der Waals surface area (Å²) < 4.78 is 19.0. The smallest absolute Gasteiger partial charge is 0.278 e. The summed E-state index contributed by atoms with van der Waals surface area (Å²) in [5.74, 6) is 2.82. The van der Waals surface area contributed by atoms with E-state index in [2.05, 4.69) is 12.2 Å². The normalized spacial score (nSPS) is 37.5. The lowest BCUT2D eigenvalue weighted by Gasteiger charge is -2.57. The minimum Gasteiger partial charge on any atom is -0.494 e. The Morgan fingerprint density at radius 3 is 2.29 bits per heavy atom. The van der Waals surface area contributed by atoms with Crippen molar-refractivity contribution in [3.63, 3.8) is 0 Å². The summed E-state index contributed by atoms with van der Waals surface area (Å²) in [6.07, 6.45) is 7.84. The molecule has 170 valence electrons. The number of quaternary nitrogens is 2. The van der Waals surface area contributed by atoms with Crippen LogP contribution in [-0.4, -0.2) is 50.8 Å². The van der Waals surface area contributed by atoms with Crippen LogP contribution in [-0.2, 0) is 11.3 Å². The van der Waals surface area contributed by atoms with Gasteiger partial charge in [0, 0.05) is 11.1 Å². The first-order valence-corrected chi connectivity index (χ1v) is 12.3. The van der Waals surface area contributed by atoms with E-state index in [1.54, 1.807) is 12.1 Å². The molecule has 31 heavy (non-hydrogen) atoms. The summed E-state index contributed by atoms with van der Waals surface area (Å²) in [7, 11) is 1.49. The van der Waals surface area contributed by atoms with E-state index in [1.165, 1.54) is 55.4 Å². The summed E-state index contributed by atoms with van der Waals surface area (Å²) >= 11 is 0. The second-order valence-corrected chi connectivity index (χ2v) is 11.0. The van der Waals surface area contributed by atoms with Crippen LogP contribution < -0.4 is 19.9 Å². The summed E-state index contributed by atoms with van der Waals surface area (Å²) in [5, 5.41) is 3.57. The van der Waals surface area contributed by atoms with E-state index >= 15 is 0 Å². The van der Waals surface area contributed by atoms with E-state index in [0.29, 0.717) is 5.75 Å². The van der Waals surface area contributed by atoms with Crippen molar-refractivity contribution in [2.75, 3.05) is 33.3 Å². The van der Waals surface area contributed by atoms with Crippen molar-refractivity contribution in [2.45, 2.75) is 63.6 Å². The first kappa shape index (κ1) is 21.2. The fraction of sp³-hybridized carbons (Fsp3) is 0.720. The van der Waals surface area contributed by atoms with Gasteiger partial charge in [0.25, 0.3) is 5.91 Å². The average Bonchev–Trinajstić information content (AvgIpc) is 2.72. The summed E-state index contributed by atoms with van der Waals surface area (Å²) in [6.45, 7) is 6.93. The van der Waals surface area contributed by atoms with Gasteiger partial charge in [-0.1, -0.05) is 0 Å². The molecule has 4 aliphatic carbocycles. The number of rotatable bonds is 6. The van der Waals surface area contributed by atoms with Crippen molar-refractivity contribution in [1.82, 2.24) is 5.32 Å². The minimum absolute atomic E-state index is 0.00739. The summed E-state index contributed by atoms with van der Waals surface area (Å²) in [6, 6.07) is 5.26. The standard InChI is InChI=1S/C25H36FN3O2/c1-17(24(30)27-25-13-19-9-20(14-25)11-21(10-19)15-25)29-7-5-28(6-8-29)16-18-3-4-23(31-2)22(26)12-18/h3-4,12,17,19-21H,5-11,13-16H2,1-2H3,(H,27,30)/p+2/t17-,19?,20?,21?,25?/m0/s1. The quantitative estimate of drug-likeness (QED) is 0.618. The lowest BCUT2D eigenvalue weighted by molar-refractivity contribution is -1.02. The number of hydrogen-bond acceptors (Lipinski definition) is 2. The molecule has 1 heterocycles. The number of piperazine rings is 1. The van der Waals surface area contributed by atoms with Gasteiger partial charge in [-0.15, -0.1) is 0 Å². The fourth-order valence-corrected chi connectivity index (χ4v) is 7.46. The number of carbonyl (C=O) groups is 1. The van der Waals surface area contributed by atoms with Crippen LogP contribution in [0.25, 0.3) is 0 Å². The molecule has 3 N–H and O–H groups in total. The molecule has 0 unspecified atom stereocenters. The molecule has 4 saturated carbocycles. The monoisotopic (exact) mass is 431 g/mol. The first-order valence-electron chi connectivity index (χ1n) is 12.3. The lowest BCUT2D eigenvalue weighted by Crippen LogP contribution is -3.29. The number of nitrogens with one attached hydrogen (secondary N) is 3. The molecule has 0 radical (unpaired) electrons. The Labute approximate surface area is 185 Å². The largest absolute Gasteiger partial charge is 0.494 e. The van der Waals surface area contributed by atoms with E-state index < -0.39 is 0 Å². The van der Waals surface area contributed by atoms with Gasteiger partial charge in [-0.2, -0.15) is 0 Å². The predicted octanol–water partition coefficient (Wildman–Crippen LogP) is 0.591. The Kier molecular flexibility index (Phi) is 5.72. The van der Waals surface area contributed by atoms with Gasteiger partial charge in [-0.05, 0) is 81.4 Å². The minimum atomic E-state index is -0.293. The van der Waals surface area contributed by atoms with Crippen molar-refractivity contribution in [3.05, 3.63) is 29.6 Å². The maximum atomic E-state index is 14.0. The molecule has 5 aliphatic rings. The van der Waals surface area contributed by atoms with Gasteiger partial charge < -0.3 is 19.9 Å². The van der Waals surface area contributed by atoms with Gasteiger partial charge in [0.2, 0.25) is 0 Å². The molecular weight excluding hydrogens is 393 g/mol.